The smallest absolute Gasteiger partial charge is 0.103 e. The van der Waals surface area contributed by atoms with Gasteiger partial charge in [-0.15, -0.1) is 0 Å². The summed E-state index contributed by atoms with van der Waals surface area (Å²) in [5, 5.41) is 9.37. The lowest BCUT2D eigenvalue weighted by atomic mass is 9.85. The summed E-state index contributed by atoms with van der Waals surface area (Å²) < 4.78 is 0. The maximum Gasteiger partial charge on any atom is 0.103 e. The molecule has 0 fully saturated rings. The monoisotopic (exact) mass is 272 g/mol. The van der Waals surface area contributed by atoms with Crippen LogP contribution >= 0.6 is 0 Å². The van der Waals surface area contributed by atoms with Gasteiger partial charge in [-0.3, -0.25) is 5.26 Å². The average molecular weight is 272 g/mol. The van der Waals surface area contributed by atoms with Crippen molar-refractivity contribution in [1.82, 2.24) is 0 Å². The molecule has 0 heterocycles. The van der Waals surface area contributed by atoms with E-state index in [1.165, 1.54) is 51.4 Å². The van der Waals surface area contributed by atoms with Crippen LogP contribution < -0.4 is 0 Å². The van der Waals surface area contributed by atoms with Crippen molar-refractivity contribution in [2.45, 2.75) is 110 Å². The Labute approximate surface area is 120 Å². The van der Waals surface area contributed by atoms with Gasteiger partial charge in [-0.25, -0.2) is 4.89 Å². The Balaban J connectivity index is 4.00. The first kappa shape index (κ1) is 18.9. The number of hydrogen-bond acceptors (Lipinski definition) is 2. The van der Waals surface area contributed by atoms with Gasteiger partial charge in [0.15, 0.2) is 0 Å². The molecule has 0 atom stereocenters. The minimum Gasteiger partial charge on any atom is -0.251 e. The van der Waals surface area contributed by atoms with Crippen molar-refractivity contribution in [2.75, 3.05) is 0 Å². The second-order valence-electron chi connectivity index (χ2n) is 6.00. The fraction of sp³-hybridized carbons (Fsp3) is 1.00. The van der Waals surface area contributed by atoms with Gasteiger partial charge in [0.1, 0.15) is 5.60 Å². The Bertz CT molecular complexity index is 172. The second-order valence-corrected chi connectivity index (χ2v) is 6.00. The van der Waals surface area contributed by atoms with Crippen LogP contribution in [0.4, 0.5) is 0 Å². The van der Waals surface area contributed by atoms with Gasteiger partial charge in [0, 0.05) is 0 Å². The molecule has 2 heteroatoms. The van der Waals surface area contributed by atoms with Crippen LogP contribution in [0.2, 0.25) is 0 Å². The lowest BCUT2D eigenvalue weighted by Crippen LogP contribution is -2.31. The molecule has 0 aliphatic rings. The van der Waals surface area contributed by atoms with Gasteiger partial charge in [-0.1, -0.05) is 85.0 Å². The van der Waals surface area contributed by atoms with Gasteiger partial charge in [-0.05, 0) is 19.3 Å². The van der Waals surface area contributed by atoms with E-state index in [-0.39, 0.29) is 5.60 Å². The van der Waals surface area contributed by atoms with E-state index in [0.29, 0.717) is 0 Å². The quantitative estimate of drug-likeness (QED) is 0.227. The van der Waals surface area contributed by atoms with E-state index in [9.17, 15) is 5.26 Å². The van der Waals surface area contributed by atoms with E-state index >= 15 is 0 Å². The highest BCUT2D eigenvalue weighted by Crippen LogP contribution is 2.31. The third kappa shape index (κ3) is 9.45. The third-order valence-corrected chi connectivity index (χ3v) is 4.15. The average Bonchev–Trinajstić information content (AvgIpc) is 2.45. The molecule has 0 aromatic heterocycles. The van der Waals surface area contributed by atoms with Gasteiger partial charge in [0.05, 0.1) is 0 Å². The number of unbranched alkanes of at least 4 members (excludes halogenated alkanes) is 7. The predicted octanol–water partition coefficient (Wildman–Crippen LogP) is 6.35. The van der Waals surface area contributed by atoms with E-state index in [0.717, 1.165) is 32.1 Å². The molecule has 0 aromatic rings. The molecular formula is C17H36O2. The molecular weight excluding hydrogens is 236 g/mol. The van der Waals surface area contributed by atoms with Crippen LogP contribution in [0.15, 0.2) is 0 Å². The van der Waals surface area contributed by atoms with Crippen LogP contribution in [-0.4, -0.2) is 10.9 Å². The molecule has 116 valence electrons. The van der Waals surface area contributed by atoms with Gasteiger partial charge in [-0.2, -0.15) is 0 Å². The van der Waals surface area contributed by atoms with Crippen molar-refractivity contribution in [3.63, 3.8) is 0 Å². The van der Waals surface area contributed by atoms with Crippen LogP contribution in [0.1, 0.15) is 104 Å². The van der Waals surface area contributed by atoms with E-state index in [1.807, 2.05) is 0 Å². The van der Waals surface area contributed by atoms with Crippen LogP contribution in [0.25, 0.3) is 0 Å². The topological polar surface area (TPSA) is 29.5 Å². The summed E-state index contributed by atoms with van der Waals surface area (Å²) in [5.74, 6) is 0. The number of rotatable bonds is 14. The number of hydrogen-bond donors (Lipinski definition) is 1. The summed E-state index contributed by atoms with van der Waals surface area (Å²) in [4.78, 5) is 4.97. The zero-order chi connectivity index (χ0) is 14.4. The van der Waals surface area contributed by atoms with Gasteiger partial charge < -0.3 is 0 Å². The van der Waals surface area contributed by atoms with E-state index < -0.39 is 0 Å². The van der Waals surface area contributed by atoms with Crippen LogP contribution in [0, 0.1) is 0 Å². The van der Waals surface area contributed by atoms with E-state index in [4.69, 9.17) is 4.89 Å². The molecule has 0 rings (SSSR count). The molecule has 0 bridgehead atoms. The minimum atomic E-state index is -0.253. The molecule has 0 saturated carbocycles. The Morgan fingerprint density at radius 2 is 1.05 bits per heavy atom. The van der Waals surface area contributed by atoms with Gasteiger partial charge in [0.25, 0.3) is 0 Å². The van der Waals surface area contributed by atoms with Gasteiger partial charge in [0.2, 0.25) is 0 Å². The highest BCUT2D eigenvalue weighted by molar-refractivity contribution is 4.79. The van der Waals surface area contributed by atoms with Crippen molar-refractivity contribution < 1.29 is 10.1 Å². The zero-order valence-electron chi connectivity index (χ0n) is 13.5. The molecule has 0 aromatic carbocycles. The third-order valence-electron chi connectivity index (χ3n) is 4.15. The molecule has 1 N–H and O–H groups in total. The largest absolute Gasteiger partial charge is 0.251 e. The summed E-state index contributed by atoms with van der Waals surface area (Å²) in [6, 6.07) is 0. The minimum absolute atomic E-state index is 0.253. The molecule has 0 radical (unpaired) electrons. The standard InChI is InChI=1S/C17H36O2/c1-4-7-10-11-12-13-16-17(19-18,14-8-5-2)15-9-6-3/h18H,4-16H2,1-3H3. The summed E-state index contributed by atoms with van der Waals surface area (Å²) in [5.41, 5.74) is -0.253. The molecule has 0 unspecified atom stereocenters. The Morgan fingerprint density at radius 1 is 0.632 bits per heavy atom. The fourth-order valence-electron chi connectivity index (χ4n) is 2.74. The van der Waals surface area contributed by atoms with E-state index in [2.05, 4.69) is 20.8 Å². The first-order valence-corrected chi connectivity index (χ1v) is 8.57. The Hall–Kier alpha value is -0.0800. The summed E-state index contributed by atoms with van der Waals surface area (Å²) >= 11 is 0. The zero-order valence-corrected chi connectivity index (χ0v) is 13.5. The fourth-order valence-corrected chi connectivity index (χ4v) is 2.74. The highest BCUT2D eigenvalue weighted by atomic mass is 17.1. The maximum atomic E-state index is 9.37. The van der Waals surface area contributed by atoms with Crippen molar-refractivity contribution in [3.8, 4) is 0 Å². The highest BCUT2D eigenvalue weighted by Gasteiger charge is 2.29. The SMILES string of the molecule is CCCCCCCCC(CCCC)(CCCC)OO. The van der Waals surface area contributed by atoms with Crippen LogP contribution in [0.3, 0.4) is 0 Å². The normalized spacial score (nSPS) is 12.0. The first-order valence-electron chi connectivity index (χ1n) is 8.57. The van der Waals surface area contributed by atoms with Crippen molar-refractivity contribution in [2.24, 2.45) is 0 Å². The molecule has 0 spiro atoms. The Kier molecular flexibility index (Phi) is 12.9. The second kappa shape index (κ2) is 12.9. The van der Waals surface area contributed by atoms with E-state index in [1.54, 1.807) is 0 Å². The maximum absolute atomic E-state index is 9.37. The van der Waals surface area contributed by atoms with Gasteiger partial charge >= 0.3 is 0 Å². The molecule has 0 amide bonds. The molecule has 0 saturated heterocycles. The first-order chi connectivity index (χ1) is 9.24. The van der Waals surface area contributed by atoms with Crippen molar-refractivity contribution in [1.29, 1.82) is 0 Å². The molecule has 0 aliphatic carbocycles. The predicted molar refractivity (Wildman–Crippen MR) is 83.5 cm³/mol. The molecule has 2 nitrogen and oxygen atoms in total. The van der Waals surface area contributed by atoms with Crippen molar-refractivity contribution >= 4 is 0 Å². The summed E-state index contributed by atoms with van der Waals surface area (Å²) in [6.07, 6.45) is 15.5. The molecule has 19 heavy (non-hydrogen) atoms. The van der Waals surface area contributed by atoms with Crippen LogP contribution in [0.5, 0.6) is 0 Å². The van der Waals surface area contributed by atoms with Crippen molar-refractivity contribution in [3.05, 3.63) is 0 Å². The summed E-state index contributed by atoms with van der Waals surface area (Å²) in [7, 11) is 0. The lowest BCUT2D eigenvalue weighted by molar-refractivity contribution is -0.330. The lowest BCUT2D eigenvalue weighted by Gasteiger charge is -2.30. The van der Waals surface area contributed by atoms with Crippen LogP contribution in [-0.2, 0) is 4.89 Å². The Morgan fingerprint density at radius 3 is 1.53 bits per heavy atom. The molecule has 0 aliphatic heterocycles. The summed E-state index contributed by atoms with van der Waals surface area (Å²) in [6.45, 7) is 6.65.